The van der Waals surface area contributed by atoms with E-state index in [1.165, 1.54) is 0 Å². The normalized spacial score (nSPS) is 18.7. The highest BCUT2D eigenvalue weighted by Crippen LogP contribution is 2.34. The Kier molecular flexibility index (Phi) is 4.73. The fourth-order valence-electron chi connectivity index (χ4n) is 3.91. The molecule has 5 rings (SSSR count). The summed E-state index contributed by atoms with van der Waals surface area (Å²) < 4.78 is 16.2. The van der Waals surface area contributed by atoms with Crippen molar-refractivity contribution in [2.45, 2.75) is 19.4 Å². The third-order valence-corrected chi connectivity index (χ3v) is 5.39. The molecule has 2 aromatic carbocycles. The van der Waals surface area contributed by atoms with E-state index in [1.807, 2.05) is 36.4 Å². The Hall–Kier alpha value is -3.19. The molecule has 0 saturated carbocycles. The minimum Gasteiger partial charge on any atom is -0.454 e. The van der Waals surface area contributed by atoms with Gasteiger partial charge < -0.3 is 14.0 Å². The molecule has 1 fully saturated rings. The lowest BCUT2D eigenvalue weighted by atomic mass is 9.90. The lowest BCUT2D eigenvalue weighted by Gasteiger charge is -2.30. The molecule has 7 nitrogen and oxygen atoms in total. The average molecular weight is 391 g/mol. The summed E-state index contributed by atoms with van der Waals surface area (Å²) in [6.07, 6.45) is 1.84. The summed E-state index contributed by atoms with van der Waals surface area (Å²) in [5.74, 6) is 2.58. The summed E-state index contributed by atoms with van der Waals surface area (Å²) in [5, 5.41) is 4.08. The van der Waals surface area contributed by atoms with Crippen molar-refractivity contribution in [1.29, 1.82) is 0 Å². The molecule has 0 N–H and O–H groups in total. The van der Waals surface area contributed by atoms with Crippen molar-refractivity contribution in [3.63, 3.8) is 0 Å². The van der Waals surface area contributed by atoms with Gasteiger partial charge in [0.25, 0.3) is 0 Å². The molecule has 0 spiro atoms. The monoisotopic (exact) mass is 391 g/mol. The Bertz CT molecular complexity index is 1020. The molecule has 0 bridgehead atoms. The van der Waals surface area contributed by atoms with Crippen LogP contribution in [0.25, 0.3) is 11.4 Å². The van der Waals surface area contributed by atoms with E-state index < -0.39 is 0 Å². The molecule has 1 aromatic heterocycles. The molecule has 0 radical (unpaired) electrons. The summed E-state index contributed by atoms with van der Waals surface area (Å²) in [6, 6.07) is 15.2. The van der Waals surface area contributed by atoms with Gasteiger partial charge in [-0.25, -0.2) is 0 Å². The van der Waals surface area contributed by atoms with Gasteiger partial charge in [0.05, 0.1) is 6.54 Å². The number of Topliss-reactive ketones (excluding diaryl/α,β-unsaturated/α-hetero) is 1. The summed E-state index contributed by atoms with van der Waals surface area (Å²) in [7, 11) is 0. The first-order chi connectivity index (χ1) is 14.3. The fraction of sp³-hybridized carbons (Fsp3) is 0.318. The van der Waals surface area contributed by atoms with Crippen LogP contribution in [0.2, 0.25) is 0 Å². The number of carbonyl (C=O) groups is 1. The van der Waals surface area contributed by atoms with E-state index in [0.717, 1.165) is 24.9 Å². The van der Waals surface area contributed by atoms with Crippen molar-refractivity contribution in [3.05, 3.63) is 60.0 Å². The minimum atomic E-state index is -0.0550. The molecule has 2 aliphatic rings. The van der Waals surface area contributed by atoms with Gasteiger partial charge in [-0.1, -0.05) is 35.5 Å². The Morgan fingerprint density at radius 2 is 1.97 bits per heavy atom. The third kappa shape index (κ3) is 3.73. The highest BCUT2D eigenvalue weighted by atomic mass is 16.7. The lowest BCUT2D eigenvalue weighted by Crippen LogP contribution is -2.38. The summed E-state index contributed by atoms with van der Waals surface area (Å²) in [5.41, 5.74) is 1.60. The SMILES string of the molecule is O=C(c1ccc2c(c1)OCO2)[C@H]1CCCN(Cc2nc(-c3ccccc3)no2)C1. The van der Waals surface area contributed by atoms with Gasteiger partial charge in [0.2, 0.25) is 18.5 Å². The van der Waals surface area contributed by atoms with Crippen LogP contribution in [0.15, 0.2) is 53.1 Å². The number of benzene rings is 2. The topological polar surface area (TPSA) is 77.7 Å². The first-order valence-corrected chi connectivity index (χ1v) is 9.80. The zero-order valence-electron chi connectivity index (χ0n) is 15.9. The molecule has 0 unspecified atom stereocenters. The molecule has 3 aromatic rings. The second kappa shape index (κ2) is 7.67. The van der Waals surface area contributed by atoms with Crippen LogP contribution in [0.5, 0.6) is 11.5 Å². The number of ketones is 1. The Balaban J connectivity index is 1.25. The first-order valence-electron chi connectivity index (χ1n) is 9.80. The smallest absolute Gasteiger partial charge is 0.241 e. The number of rotatable bonds is 5. The van der Waals surface area contributed by atoms with E-state index in [-0.39, 0.29) is 18.5 Å². The van der Waals surface area contributed by atoms with Gasteiger partial charge in [-0.3, -0.25) is 9.69 Å². The maximum atomic E-state index is 13.0. The molecule has 1 atom stereocenters. The first kappa shape index (κ1) is 17.9. The Labute approximate surface area is 168 Å². The second-order valence-corrected chi connectivity index (χ2v) is 7.38. The van der Waals surface area contributed by atoms with Crippen LogP contribution in [0.3, 0.4) is 0 Å². The predicted octanol–water partition coefficient (Wildman–Crippen LogP) is 3.56. The zero-order chi connectivity index (χ0) is 19.6. The number of aromatic nitrogens is 2. The van der Waals surface area contributed by atoms with Gasteiger partial charge in [0.15, 0.2) is 17.3 Å². The van der Waals surface area contributed by atoms with Gasteiger partial charge in [0, 0.05) is 23.6 Å². The van der Waals surface area contributed by atoms with Crippen molar-refractivity contribution in [1.82, 2.24) is 15.0 Å². The maximum absolute atomic E-state index is 13.0. The van der Waals surface area contributed by atoms with E-state index >= 15 is 0 Å². The number of fused-ring (bicyclic) bond motifs is 1. The zero-order valence-corrected chi connectivity index (χ0v) is 15.9. The van der Waals surface area contributed by atoms with Crippen LogP contribution in [0.1, 0.15) is 29.1 Å². The summed E-state index contributed by atoms with van der Waals surface area (Å²) in [6.45, 7) is 2.34. The molecule has 2 aliphatic heterocycles. The lowest BCUT2D eigenvalue weighted by molar-refractivity contribution is 0.0796. The van der Waals surface area contributed by atoms with Crippen LogP contribution < -0.4 is 9.47 Å². The van der Waals surface area contributed by atoms with Gasteiger partial charge in [-0.15, -0.1) is 0 Å². The van der Waals surface area contributed by atoms with Gasteiger partial charge in [0.1, 0.15) is 0 Å². The molecule has 0 amide bonds. The number of likely N-dealkylation sites (tertiary alicyclic amines) is 1. The predicted molar refractivity (Wildman–Crippen MR) is 105 cm³/mol. The van der Waals surface area contributed by atoms with E-state index in [0.29, 0.717) is 41.9 Å². The van der Waals surface area contributed by atoms with Gasteiger partial charge in [-0.2, -0.15) is 4.98 Å². The Morgan fingerprint density at radius 3 is 2.86 bits per heavy atom. The number of piperidine rings is 1. The minimum absolute atomic E-state index is 0.0550. The highest BCUT2D eigenvalue weighted by Gasteiger charge is 2.28. The van der Waals surface area contributed by atoms with Crippen LogP contribution >= 0.6 is 0 Å². The van der Waals surface area contributed by atoms with E-state index in [9.17, 15) is 4.79 Å². The van der Waals surface area contributed by atoms with Crippen molar-refractivity contribution < 1.29 is 18.8 Å². The summed E-state index contributed by atoms with van der Waals surface area (Å²) in [4.78, 5) is 19.7. The van der Waals surface area contributed by atoms with Crippen LogP contribution in [0.4, 0.5) is 0 Å². The summed E-state index contributed by atoms with van der Waals surface area (Å²) >= 11 is 0. The standard InChI is InChI=1S/C22H21N3O4/c26-21(16-8-9-18-19(11-16)28-14-27-18)17-7-4-10-25(12-17)13-20-23-22(24-29-20)15-5-2-1-3-6-15/h1-3,5-6,8-9,11,17H,4,7,10,12-14H2/t17-/m0/s1. The molecular weight excluding hydrogens is 370 g/mol. The van der Waals surface area contributed by atoms with Gasteiger partial charge >= 0.3 is 0 Å². The van der Waals surface area contributed by atoms with Crippen LogP contribution in [0, 0.1) is 5.92 Å². The number of carbonyl (C=O) groups excluding carboxylic acids is 1. The van der Waals surface area contributed by atoms with Crippen LogP contribution in [-0.2, 0) is 6.54 Å². The van der Waals surface area contributed by atoms with Crippen LogP contribution in [-0.4, -0.2) is 40.7 Å². The average Bonchev–Trinajstić information content (AvgIpc) is 3.43. The number of ether oxygens (including phenoxy) is 2. The fourth-order valence-corrected chi connectivity index (χ4v) is 3.91. The second-order valence-electron chi connectivity index (χ2n) is 7.38. The molecule has 29 heavy (non-hydrogen) atoms. The number of hydrogen-bond acceptors (Lipinski definition) is 7. The molecule has 1 saturated heterocycles. The third-order valence-electron chi connectivity index (χ3n) is 5.39. The van der Waals surface area contributed by atoms with Crippen molar-refractivity contribution >= 4 is 5.78 Å². The number of nitrogens with zero attached hydrogens (tertiary/aromatic N) is 3. The van der Waals surface area contributed by atoms with E-state index in [4.69, 9.17) is 14.0 Å². The molecular formula is C22H21N3O4. The highest BCUT2D eigenvalue weighted by molar-refractivity contribution is 5.98. The van der Waals surface area contributed by atoms with Crippen molar-refractivity contribution in [2.24, 2.45) is 5.92 Å². The molecule has 0 aliphatic carbocycles. The van der Waals surface area contributed by atoms with Crippen molar-refractivity contribution in [2.75, 3.05) is 19.9 Å². The molecule has 148 valence electrons. The molecule has 3 heterocycles. The van der Waals surface area contributed by atoms with Crippen molar-refractivity contribution in [3.8, 4) is 22.9 Å². The quantitative estimate of drug-likeness (QED) is 0.616. The molecule has 7 heteroatoms. The number of hydrogen-bond donors (Lipinski definition) is 0. The largest absolute Gasteiger partial charge is 0.454 e. The van der Waals surface area contributed by atoms with E-state index in [1.54, 1.807) is 12.1 Å². The maximum Gasteiger partial charge on any atom is 0.241 e. The van der Waals surface area contributed by atoms with E-state index in [2.05, 4.69) is 15.0 Å². The van der Waals surface area contributed by atoms with Gasteiger partial charge in [-0.05, 0) is 37.6 Å². The Morgan fingerprint density at radius 1 is 1.10 bits per heavy atom.